The van der Waals surface area contributed by atoms with Gasteiger partial charge in [0.1, 0.15) is 12.1 Å². The third-order valence-corrected chi connectivity index (χ3v) is 6.60. The van der Waals surface area contributed by atoms with Gasteiger partial charge in [0, 0.05) is 23.9 Å². The van der Waals surface area contributed by atoms with E-state index in [-0.39, 0.29) is 32.9 Å². The Morgan fingerprint density at radius 2 is 1.58 bits per heavy atom. The molecule has 2 N–H and O–H groups in total. The number of methoxy groups -OCH3 is 1. The zero-order valence-corrected chi connectivity index (χ0v) is 17.4. The van der Waals surface area contributed by atoms with Gasteiger partial charge in [-0.3, -0.25) is 19.6 Å². The van der Waals surface area contributed by atoms with Gasteiger partial charge in [0.15, 0.2) is 0 Å². The molecule has 2 aromatic carbocycles. The van der Waals surface area contributed by atoms with Gasteiger partial charge in [-0.05, 0) is 30.3 Å². The lowest BCUT2D eigenvalue weighted by Gasteiger charge is -2.10. The number of nitrogens with one attached hydrogen (secondary N) is 2. The molecule has 0 aliphatic heterocycles. The Bertz CT molecular complexity index is 1330. The molecule has 0 fully saturated rings. The van der Waals surface area contributed by atoms with Crippen molar-refractivity contribution >= 4 is 37.2 Å². The van der Waals surface area contributed by atoms with Crippen LogP contribution in [0.3, 0.4) is 0 Å². The number of nitro groups is 1. The van der Waals surface area contributed by atoms with E-state index in [2.05, 4.69) is 19.4 Å². The first-order valence-electron chi connectivity index (χ1n) is 8.37. The molecule has 0 unspecified atom stereocenters. The van der Waals surface area contributed by atoms with Crippen molar-refractivity contribution in [3.05, 3.63) is 71.0 Å². The summed E-state index contributed by atoms with van der Waals surface area (Å²) in [5.41, 5.74) is -0.314. The number of hydrogen-bond acceptors (Lipinski definition) is 9. The summed E-state index contributed by atoms with van der Waals surface area (Å²) in [7, 11) is -6.77. The average molecular weight is 465 g/mol. The standard InChI is InChI=1S/C17H15N5O7S2/c1-29-17-10-16(18-11-19-17)21-30(25,26)14-7-5-12(6-8-14)20-31(27,28)15-4-2-3-13(9-15)22(23)24/h2-11,20H,1H3,(H,18,19,21). The molecule has 3 aromatic rings. The summed E-state index contributed by atoms with van der Waals surface area (Å²) in [5, 5.41) is 10.8. The molecule has 0 radical (unpaired) electrons. The molecular formula is C17H15N5O7S2. The Balaban J connectivity index is 1.79. The monoisotopic (exact) mass is 465 g/mol. The van der Waals surface area contributed by atoms with Gasteiger partial charge in [-0.1, -0.05) is 6.07 Å². The fourth-order valence-corrected chi connectivity index (χ4v) is 4.48. The normalized spacial score (nSPS) is 11.5. The van der Waals surface area contributed by atoms with Gasteiger partial charge in [-0.25, -0.2) is 26.8 Å². The van der Waals surface area contributed by atoms with E-state index in [0.717, 1.165) is 12.4 Å². The van der Waals surface area contributed by atoms with Crippen LogP contribution < -0.4 is 14.2 Å². The predicted molar refractivity (Wildman–Crippen MR) is 110 cm³/mol. The van der Waals surface area contributed by atoms with Crippen LogP contribution in [-0.4, -0.2) is 38.8 Å². The van der Waals surface area contributed by atoms with Crippen molar-refractivity contribution in [2.45, 2.75) is 9.79 Å². The van der Waals surface area contributed by atoms with Crippen molar-refractivity contribution in [3.8, 4) is 5.88 Å². The van der Waals surface area contributed by atoms with Gasteiger partial charge in [-0.15, -0.1) is 0 Å². The molecule has 0 aliphatic rings. The number of benzene rings is 2. The fourth-order valence-electron chi connectivity index (χ4n) is 2.38. The molecule has 0 amide bonds. The predicted octanol–water partition coefficient (Wildman–Crippen LogP) is 1.99. The fraction of sp³-hybridized carbons (Fsp3) is 0.0588. The van der Waals surface area contributed by atoms with Crippen LogP contribution in [0.5, 0.6) is 5.88 Å². The topological polar surface area (TPSA) is 170 Å². The maximum Gasteiger partial charge on any atom is 0.270 e. The van der Waals surface area contributed by atoms with Crippen LogP contribution in [-0.2, 0) is 20.0 Å². The largest absolute Gasteiger partial charge is 0.481 e. The average Bonchev–Trinajstić information content (AvgIpc) is 2.73. The SMILES string of the molecule is COc1cc(NS(=O)(=O)c2ccc(NS(=O)(=O)c3cccc([N+](=O)[O-])c3)cc2)ncn1. The molecule has 1 heterocycles. The zero-order chi connectivity index (χ0) is 22.6. The molecule has 0 saturated heterocycles. The minimum Gasteiger partial charge on any atom is -0.481 e. The Kier molecular flexibility index (Phi) is 6.03. The lowest BCUT2D eigenvalue weighted by molar-refractivity contribution is -0.385. The van der Waals surface area contributed by atoms with E-state index >= 15 is 0 Å². The quantitative estimate of drug-likeness (QED) is 0.373. The summed E-state index contributed by atoms with van der Waals surface area (Å²) in [6.45, 7) is 0. The Hall–Kier alpha value is -3.78. The van der Waals surface area contributed by atoms with Crippen LogP contribution in [0.25, 0.3) is 0 Å². The zero-order valence-electron chi connectivity index (χ0n) is 15.8. The summed E-state index contributed by atoms with van der Waals surface area (Å²) in [4.78, 5) is 17.3. The molecule has 31 heavy (non-hydrogen) atoms. The van der Waals surface area contributed by atoms with Crippen molar-refractivity contribution in [1.29, 1.82) is 0 Å². The second-order valence-electron chi connectivity index (χ2n) is 5.94. The van der Waals surface area contributed by atoms with E-state index in [4.69, 9.17) is 4.74 Å². The number of nitro benzene ring substituents is 1. The third-order valence-electron chi connectivity index (χ3n) is 3.85. The number of ether oxygens (including phenoxy) is 1. The van der Waals surface area contributed by atoms with E-state index in [1.54, 1.807) is 0 Å². The number of sulfonamides is 2. The number of hydrogen-bond donors (Lipinski definition) is 2. The molecule has 14 heteroatoms. The summed E-state index contributed by atoms with van der Waals surface area (Å²) < 4.78 is 59.4. The Morgan fingerprint density at radius 1 is 0.903 bits per heavy atom. The Morgan fingerprint density at radius 3 is 2.23 bits per heavy atom. The number of anilines is 2. The van der Waals surface area contributed by atoms with Gasteiger partial charge in [-0.2, -0.15) is 0 Å². The highest BCUT2D eigenvalue weighted by atomic mass is 32.2. The third kappa shape index (κ3) is 5.23. The lowest BCUT2D eigenvalue weighted by Crippen LogP contribution is -2.15. The molecule has 3 rings (SSSR count). The van der Waals surface area contributed by atoms with Gasteiger partial charge in [0.25, 0.3) is 25.7 Å². The molecule has 162 valence electrons. The molecule has 0 spiro atoms. The highest BCUT2D eigenvalue weighted by molar-refractivity contribution is 7.93. The van der Waals surface area contributed by atoms with Crippen LogP contribution in [0.1, 0.15) is 0 Å². The molecule has 0 saturated carbocycles. The summed E-state index contributed by atoms with van der Waals surface area (Å²) in [5.74, 6) is 0.154. The minimum absolute atomic E-state index is 0.0118. The first-order chi connectivity index (χ1) is 14.6. The van der Waals surface area contributed by atoms with Crippen LogP contribution in [0.2, 0.25) is 0 Å². The number of rotatable bonds is 8. The maximum absolute atomic E-state index is 12.5. The lowest BCUT2D eigenvalue weighted by atomic mass is 10.3. The first kappa shape index (κ1) is 21.9. The number of aromatic nitrogens is 2. The molecular weight excluding hydrogens is 450 g/mol. The highest BCUT2D eigenvalue weighted by Gasteiger charge is 2.19. The van der Waals surface area contributed by atoms with E-state index in [0.29, 0.717) is 0 Å². The molecule has 0 aliphatic carbocycles. The maximum atomic E-state index is 12.5. The summed E-state index contributed by atoms with van der Waals surface area (Å²) in [6, 6.07) is 10.7. The number of non-ortho nitro benzene ring substituents is 1. The van der Waals surface area contributed by atoms with Crippen LogP contribution >= 0.6 is 0 Å². The van der Waals surface area contributed by atoms with Crippen molar-refractivity contribution in [2.24, 2.45) is 0 Å². The second-order valence-corrected chi connectivity index (χ2v) is 9.30. The van der Waals surface area contributed by atoms with Crippen LogP contribution in [0.4, 0.5) is 17.2 Å². The van der Waals surface area contributed by atoms with Crippen molar-refractivity contribution < 1.29 is 26.5 Å². The summed E-state index contributed by atoms with van der Waals surface area (Å²) in [6.07, 6.45) is 1.13. The van der Waals surface area contributed by atoms with E-state index in [1.165, 1.54) is 55.6 Å². The van der Waals surface area contributed by atoms with Crippen molar-refractivity contribution in [1.82, 2.24) is 9.97 Å². The smallest absolute Gasteiger partial charge is 0.270 e. The minimum atomic E-state index is -4.12. The molecule has 0 atom stereocenters. The van der Waals surface area contributed by atoms with Crippen LogP contribution in [0.15, 0.2) is 70.7 Å². The highest BCUT2D eigenvalue weighted by Crippen LogP contribution is 2.22. The molecule has 12 nitrogen and oxygen atoms in total. The second kappa shape index (κ2) is 8.53. The van der Waals surface area contributed by atoms with Gasteiger partial charge < -0.3 is 4.74 Å². The molecule has 1 aromatic heterocycles. The van der Waals surface area contributed by atoms with Crippen LogP contribution in [0, 0.1) is 10.1 Å². The van der Waals surface area contributed by atoms with E-state index in [1.807, 2.05) is 0 Å². The Labute approximate surface area is 177 Å². The van der Waals surface area contributed by atoms with Crippen molar-refractivity contribution in [2.75, 3.05) is 16.6 Å². The van der Waals surface area contributed by atoms with Gasteiger partial charge >= 0.3 is 0 Å². The first-order valence-corrected chi connectivity index (χ1v) is 11.3. The van der Waals surface area contributed by atoms with Gasteiger partial charge in [0.2, 0.25) is 5.88 Å². The summed E-state index contributed by atoms with van der Waals surface area (Å²) >= 11 is 0. The molecule has 0 bridgehead atoms. The van der Waals surface area contributed by atoms with Crippen molar-refractivity contribution in [3.63, 3.8) is 0 Å². The van der Waals surface area contributed by atoms with Gasteiger partial charge in [0.05, 0.1) is 21.8 Å². The number of nitrogens with zero attached hydrogens (tertiary/aromatic N) is 3. The van der Waals surface area contributed by atoms with E-state index in [9.17, 15) is 26.9 Å². The van der Waals surface area contributed by atoms with E-state index < -0.39 is 25.0 Å².